The third-order valence-electron chi connectivity index (χ3n) is 4.90. The molecule has 0 radical (unpaired) electrons. The summed E-state index contributed by atoms with van der Waals surface area (Å²) in [5.74, 6) is -1.11. The smallest absolute Gasteiger partial charge is 0.305 e. The number of rotatable bonds is 5. The Labute approximate surface area is 141 Å². The molecule has 6 nitrogen and oxygen atoms in total. The fraction of sp³-hybridized carbons (Fsp3) is 0.556. The number of aliphatic carboxylic acids is 1. The number of carbonyl (C=O) groups excluding carboxylic acids is 1. The van der Waals surface area contributed by atoms with Crippen LogP contribution in [0.25, 0.3) is 0 Å². The van der Waals surface area contributed by atoms with Crippen molar-refractivity contribution < 1.29 is 19.4 Å². The van der Waals surface area contributed by atoms with Gasteiger partial charge in [0, 0.05) is 37.6 Å². The molecule has 2 fully saturated rings. The van der Waals surface area contributed by atoms with E-state index in [9.17, 15) is 14.7 Å². The first-order valence-electron chi connectivity index (χ1n) is 8.55. The normalized spacial score (nSPS) is 19.9. The first-order valence-corrected chi connectivity index (χ1v) is 8.55. The SMILES string of the molecule is O=C(O)CC1(NC(=O)c2cccc(N3CCCC3)c2)CCOCC1. The van der Waals surface area contributed by atoms with Crippen molar-refractivity contribution in [2.24, 2.45) is 0 Å². The minimum atomic E-state index is -0.900. The van der Waals surface area contributed by atoms with Crippen molar-refractivity contribution in [2.45, 2.75) is 37.6 Å². The second kappa shape index (κ2) is 7.21. The predicted octanol–water partition coefficient (Wildman–Crippen LogP) is 2.04. The van der Waals surface area contributed by atoms with E-state index < -0.39 is 11.5 Å². The summed E-state index contributed by atoms with van der Waals surface area (Å²) in [7, 11) is 0. The number of benzene rings is 1. The number of carboxylic acids is 1. The van der Waals surface area contributed by atoms with Crippen molar-refractivity contribution in [1.29, 1.82) is 0 Å². The molecule has 0 atom stereocenters. The van der Waals surface area contributed by atoms with Crippen LogP contribution in [-0.4, -0.2) is 48.8 Å². The molecule has 2 heterocycles. The van der Waals surface area contributed by atoms with Gasteiger partial charge in [0.2, 0.25) is 0 Å². The third-order valence-corrected chi connectivity index (χ3v) is 4.90. The minimum Gasteiger partial charge on any atom is -0.481 e. The average molecular weight is 332 g/mol. The zero-order chi connectivity index (χ0) is 17.0. The van der Waals surface area contributed by atoms with Crippen LogP contribution in [0.3, 0.4) is 0 Å². The fourth-order valence-electron chi connectivity index (χ4n) is 3.53. The molecule has 0 aliphatic carbocycles. The molecule has 2 N–H and O–H groups in total. The van der Waals surface area contributed by atoms with E-state index in [0.717, 1.165) is 18.8 Å². The Kier molecular flexibility index (Phi) is 5.04. The van der Waals surface area contributed by atoms with Gasteiger partial charge in [-0.05, 0) is 43.9 Å². The Bertz CT molecular complexity index is 605. The zero-order valence-electron chi connectivity index (χ0n) is 13.8. The van der Waals surface area contributed by atoms with Gasteiger partial charge in [-0.2, -0.15) is 0 Å². The first-order chi connectivity index (χ1) is 11.6. The number of carboxylic acid groups (broad SMARTS) is 1. The van der Waals surface area contributed by atoms with Gasteiger partial charge in [-0.15, -0.1) is 0 Å². The molecule has 1 amide bonds. The van der Waals surface area contributed by atoms with E-state index >= 15 is 0 Å². The van der Waals surface area contributed by atoms with Gasteiger partial charge in [0.05, 0.1) is 12.0 Å². The summed E-state index contributed by atoms with van der Waals surface area (Å²) in [6, 6.07) is 7.58. The van der Waals surface area contributed by atoms with Gasteiger partial charge in [-0.25, -0.2) is 0 Å². The molecule has 2 aliphatic rings. The summed E-state index contributed by atoms with van der Waals surface area (Å²) < 4.78 is 5.33. The Morgan fingerprint density at radius 2 is 1.92 bits per heavy atom. The van der Waals surface area contributed by atoms with Crippen molar-refractivity contribution in [1.82, 2.24) is 5.32 Å². The van der Waals surface area contributed by atoms with Gasteiger partial charge in [-0.3, -0.25) is 9.59 Å². The van der Waals surface area contributed by atoms with Crippen LogP contribution in [0.5, 0.6) is 0 Å². The maximum atomic E-state index is 12.7. The molecule has 2 saturated heterocycles. The van der Waals surface area contributed by atoms with Crippen molar-refractivity contribution in [2.75, 3.05) is 31.2 Å². The lowest BCUT2D eigenvalue weighted by Crippen LogP contribution is -2.53. The van der Waals surface area contributed by atoms with Crippen molar-refractivity contribution in [3.05, 3.63) is 29.8 Å². The lowest BCUT2D eigenvalue weighted by atomic mass is 9.86. The maximum Gasteiger partial charge on any atom is 0.305 e. The molecular formula is C18H24N2O4. The van der Waals surface area contributed by atoms with Crippen LogP contribution in [0.2, 0.25) is 0 Å². The Hall–Kier alpha value is -2.08. The number of hydrogen-bond donors (Lipinski definition) is 2. The van der Waals surface area contributed by atoms with E-state index in [1.54, 1.807) is 6.07 Å². The second-order valence-electron chi connectivity index (χ2n) is 6.66. The highest BCUT2D eigenvalue weighted by Crippen LogP contribution is 2.26. The summed E-state index contributed by atoms with van der Waals surface area (Å²) in [5.41, 5.74) is 0.917. The van der Waals surface area contributed by atoms with E-state index in [2.05, 4.69) is 10.2 Å². The molecular weight excluding hydrogens is 308 g/mol. The summed E-state index contributed by atoms with van der Waals surface area (Å²) in [4.78, 5) is 26.2. The molecule has 6 heteroatoms. The van der Waals surface area contributed by atoms with Crippen LogP contribution >= 0.6 is 0 Å². The van der Waals surface area contributed by atoms with Gasteiger partial charge in [0.15, 0.2) is 0 Å². The lowest BCUT2D eigenvalue weighted by molar-refractivity contribution is -0.139. The van der Waals surface area contributed by atoms with Crippen molar-refractivity contribution in [3.8, 4) is 0 Å². The van der Waals surface area contributed by atoms with Gasteiger partial charge in [0.25, 0.3) is 5.91 Å². The Balaban J connectivity index is 1.75. The number of anilines is 1. The Morgan fingerprint density at radius 1 is 1.21 bits per heavy atom. The number of hydrogen-bond acceptors (Lipinski definition) is 4. The number of nitrogens with zero attached hydrogens (tertiary/aromatic N) is 1. The van der Waals surface area contributed by atoms with Gasteiger partial charge in [-0.1, -0.05) is 6.07 Å². The van der Waals surface area contributed by atoms with Crippen LogP contribution in [-0.2, 0) is 9.53 Å². The van der Waals surface area contributed by atoms with Crippen LogP contribution < -0.4 is 10.2 Å². The largest absolute Gasteiger partial charge is 0.481 e. The molecule has 0 bridgehead atoms. The van der Waals surface area contributed by atoms with Crippen molar-refractivity contribution >= 4 is 17.6 Å². The maximum absolute atomic E-state index is 12.7. The third kappa shape index (κ3) is 3.87. The summed E-state index contributed by atoms with van der Waals surface area (Å²) >= 11 is 0. The molecule has 0 aromatic heterocycles. The Morgan fingerprint density at radius 3 is 2.58 bits per heavy atom. The van der Waals surface area contributed by atoms with Gasteiger partial charge < -0.3 is 20.1 Å². The standard InChI is InChI=1S/C18H24N2O4/c21-16(22)13-18(6-10-24-11-7-18)19-17(23)14-4-3-5-15(12-14)20-8-1-2-9-20/h3-5,12H,1-2,6-11,13H2,(H,19,23)(H,21,22). The minimum absolute atomic E-state index is 0.0755. The summed E-state index contributed by atoms with van der Waals surface area (Å²) in [6.07, 6.45) is 3.33. The van der Waals surface area contributed by atoms with E-state index in [1.807, 2.05) is 18.2 Å². The number of nitrogens with one attached hydrogen (secondary N) is 1. The van der Waals surface area contributed by atoms with E-state index in [0.29, 0.717) is 31.6 Å². The molecule has 1 aromatic rings. The topological polar surface area (TPSA) is 78.9 Å². The highest BCUT2D eigenvalue weighted by atomic mass is 16.5. The molecule has 0 saturated carbocycles. The predicted molar refractivity (Wildman–Crippen MR) is 90.4 cm³/mol. The van der Waals surface area contributed by atoms with Crippen LogP contribution in [0.4, 0.5) is 5.69 Å². The van der Waals surface area contributed by atoms with E-state index in [1.165, 1.54) is 12.8 Å². The quantitative estimate of drug-likeness (QED) is 0.863. The first kappa shape index (κ1) is 16.8. The second-order valence-corrected chi connectivity index (χ2v) is 6.66. The highest BCUT2D eigenvalue weighted by Gasteiger charge is 2.36. The molecule has 0 unspecified atom stereocenters. The van der Waals surface area contributed by atoms with Crippen LogP contribution in [0.1, 0.15) is 42.5 Å². The number of ether oxygens (including phenoxy) is 1. The molecule has 3 rings (SSSR count). The van der Waals surface area contributed by atoms with E-state index in [4.69, 9.17) is 4.74 Å². The number of carbonyl (C=O) groups is 2. The summed E-state index contributed by atoms with van der Waals surface area (Å²) in [6.45, 7) is 2.99. The molecule has 1 aromatic carbocycles. The molecule has 2 aliphatic heterocycles. The van der Waals surface area contributed by atoms with Gasteiger partial charge in [0.1, 0.15) is 0 Å². The molecule has 130 valence electrons. The van der Waals surface area contributed by atoms with Crippen molar-refractivity contribution in [3.63, 3.8) is 0 Å². The van der Waals surface area contributed by atoms with Crippen LogP contribution in [0, 0.1) is 0 Å². The highest BCUT2D eigenvalue weighted by molar-refractivity contribution is 5.96. The van der Waals surface area contributed by atoms with Crippen LogP contribution in [0.15, 0.2) is 24.3 Å². The summed E-state index contributed by atoms with van der Waals surface area (Å²) in [5, 5.41) is 12.2. The monoisotopic (exact) mass is 332 g/mol. The zero-order valence-corrected chi connectivity index (χ0v) is 13.8. The number of amides is 1. The molecule has 24 heavy (non-hydrogen) atoms. The molecule has 0 spiro atoms. The fourth-order valence-corrected chi connectivity index (χ4v) is 3.53. The average Bonchev–Trinajstić information content (AvgIpc) is 3.09. The van der Waals surface area contributed by atoms with E-state index in [-0.39, 0.29) is 12.3 Å². The van der Waals surface area contributed by atoms with Gasteiger partial charge >= 0.3 is 5.97 Å². The lowest BCUT2D eigenvalue weighted by Gasteiger charge is -2.36.